The van der Waals surface area contributed by atoms with Gasteiger partial charge in [0.15, 0.2) is 0 Å². The summed E-state index contributed by atoms with van der Waals surface area (Å²) >= 11 is 0. The van der Waals surface area contributed by atoms with Crippen molar-refractivity contribution in [1.29, 1.82) is 0 Å². The Balaban J connectivity index is 1.69. The van der Waals surface area contributed by atoms with Crippen LogP contribution < -0.4 is 5.73 Å². The van der Waals surface area contributed by atoms with Crippen molar-refractivity contribution in [2.45, 2.75) is 31.4 Å². The van der Waals surface area contributed by atoms with Crippen LogP contribution in [0, 0.1) is 0 Å². The summed E-state index contributed by atoms with van der Waals surface area (Å²) in [5, 5.41) is 0. The van der Waals surface area contributed by atoms with Gasteiger partial charge in [-0.05, 0) is 19.3 Å². The Morgan fingerprint density at radius 1 is 1.42 bits per heavy atom. The van der Waals surface area contributed by atoms with Gasteiger partial charge in [-0.15, -0.1) is 0 Å². The van der Waals surface area contributed by atoms with E-state index in [1.807, 2.05) is 0 Å². The zero-order valence-electron chi connectivity index (χ0n) is 7.03. The van der Waals surface area contributed by atoms with Gasteiger partial charge < -0.3 is 15.4 Å². The number of amides is 1. The van der Waals surface area contributed by atoms with Crippen LogP contribution in [0.25, 0.3) is 0 Å². The summed E-state index contributed by atoms with van der Waals surface area (Å²) in [6, 6.07) is 0.249. The van der Waals surface area contributed by atoms with E-state index in [-0.39, 0.29) is 18.2 Å². The highest BCUT2D eigenvalue weighted by molar-refractivity contribution is 5.68. The molecule has 2 aliphatic rings. The van der Waals surface area contributed by atoms with E-state index in [9.17, 15) is 4.79 Å². The summed E-state index contributed by atoms with van der Waals surface area (Å²) in [5.74, 6) is 0. The Bertz CT molecular complexity index is 185. The molecule has 1 saturated heterocycles. The van der Waals surface area contributed by atoms with Crippen LogP contribution in [0.15, 0.2) is 0 Å². The number of hydrogen-bond donors (Lipinski definition) is 1. The fourth-order valence-electron chi connectivity index (χ4n) is 1.42. The van der Waals surface area contributed by atoms with E-state index in [1.54, 1.807) is 4.90 Å². The van der Waals surface area contributed by atoms with Gasteiger partial charge in [0.2, 0.25) is 0 Å². The van der Waals surface area contributed by atoms with Crippen LogP contribution in [-0.4, -0.2) is 36.2 Å². The quantitative estimate of drug-likeness (QED) is 0.616. The molecule has 2 rings (SSSR count). The summed E-state index contributed by atoms with van der Waals surface area (Å²) < 4.78 is 5.17. The van der Waals surface area contributed by atoms with E-state index >= 15 is 0 Å². The molecule has 1 amide bonds. The first-order valence-corrected chi connectivity index (χ1v) is 4.47. The van der Waals surface area contributed by atoms with Gasteiger partial charge in [-0.3, -0.25) is 0 Å². The molecule has 0 atom stereocenters. The minimum absolute atomic E-state index is 0.0908. The third-order valence-electron chi connectivity index (χ3n) is 2.51. The summed E-state index contributed by atoms with van der Waals surface area (Å²) in [7, 11) is 0. The molecule has 0 radical (unpaired) electrons. The Morgan fingerprint density at radius 2 is 2.08 bits per heavy atom. The molecule has 0 aromatic rings. The van der Waals surface area contributed by atoms with Crippen molar-refractivity contribution in [2.24, 2.45) is 5.73 Å². The molecule has 2 fully saturated rings. The van der Waals surface area contributed by atoms with Gasteiger partial charge in [-0.2, -0.15) is 0 Å². The lowest BCUT2D eigenvalue weighted by molar-refractivity contribution is 0.00778. The standard InChI is InChI=1S/C8H14N2O2/c9-6-4-7(5-6)12-8(11)10-2-1-3-10/h6-7H,1-5,9H2. The molecule has 1 aliphatic heterocycles. The van der Waals surface area contributed by atoms with Crippen molar-refractivity contribution in [2.75, 3.05) is 13.1 Å². The van der Waals surface area contributed by atoms with Gasteiger partial charge in [0, 0.05) is 19.1 Å². The number of nitrogens with two attached hydrogens (primary N) is 1. The van der Waals surface area contributed by atoms with E-state index in [2.05, 4.69) is 0 Å². The maximum absolute atomic E-state index is 11.2. The number of rotatable bonds is 1. The van der Waals surface area contributed by atoms with Crippen LogP contribution in [-0.2, 0) is 4.74 Å². The Morgan fingerprint density at radius 3 is 2.50 bits per heavy atom. The minimum Gasteiger partial charge on any atom is -0.446 e. The summed E-state index contributed by atoms with van der Waals surface area (Å²) in [6.45, 7) is 1.72. The van der Waals surface area contributed by atoms with Crippen molar-refractivity contribution >= 4 is 6.09 Å². The zero-order valence-corrected chi connectivity index (χ0v) is 7.03. The molecule has 0 spiro atoms. The number of hydrogen-bond acceptors (Lipinski definition) is 3. The Kier molecular flexibility index (Phi) is 1.92. The second-order valence-electron chi connectivity index (χ2n) is 3.58. The Labute approximate surface area is 71.7 Å². The summed E-state index contributed by atoms with van der Waals surface area (Å²) in [6.07, 6.45) is 2.71. The van der Waals surface area contributed by atoms with Crippen molar-refractivity contribution < 1.29 is 9.53 Å². The van der Waals surface area contributed by atoms with Crippen LogP contribution in [0.1, 0.15) is 19.3 Å². The first-order valence-electron chi connectivity index (χ1n) is 4.47. The third-order valence-corrected chi connectivity index (χ3v) is 2.51. The molecule has 0 bridgehead atoms. The smallest absolute Gasteiger partial charge is 0.410 e. The number of likely N-dealkylation sites (tertiary alicyclic amines) is 1. The number of carbonyl (C=O) groups excluding carboxylic acids is 1. The van der Waals surface area contributed by atoms with E-state index in [1.165, 1.54) is 0 Å². The predicted octanol–water partition coefficient (Wildman–Crippen LogP) is 0.318. The topological polar surface area (TPSA) is 55.6 Å². The highest BCUT2D eigenvalue weighted by atomic mass is 16.6. The first kappa shape index (κ1) is 7.86. The molecule has 0 aromatic heterocycles. The molecule has 1 heterocycles. The average molecular weight is 170 g/mol. The van der Waals surface area contributed by atoms with E-state index < -0.39 is 0 Å². The third kappa shape index (κ3) is 1.39. The molecule has 2 N–H and O–H groups in total. The lowest BCUT2D eigenvalue weighted by Gasteiger charge is -2.36. The molecule has 0 unspecified atom stereocenters. The molecular formula is C8H14N2O2. The molecule has 1 saturated carbocycles. The van der Waals surface area contributed by atoms with Gasteiger partial charge in [-0.25, -0.2) is 4.79 Å². The number of ether oxygens (including phenoxy) is 1. The second kappa shape index (κ2) is 2.94. The van der Waals surface area contributed by atoms with Crippen molar-refractivity contribution in [3.63, 3.8) is 0 Å². The van der Waals surface area contributed by atoms with E-state index in [4.69, 9.17) is 10.5 Å². The maximum Gasteiger partial charge on any atom is 0.410 e. The number of nitrogens with zero attached hydrogens (tertiary/aromatic N) is 1. The van der Waals surface area contributed by atoms with Crippen molar-refractivity contribution in [1.82, 2.24) is 4.90 Å². The van der Waals surface area contributed by atoms with Crippen molar-refractivity contribution in [3.8, 4) is 0 Å². The van der Waals surface area contributed by atoms with Crippen LogP contribution >= 0.6 is 0 Å². The fourth-order valence-corrected chi connectivity index (χ4v) is 1.42. The lowest BCUT2D eigenvalue weighted by atomic mass is 9.90. The second-order valence-corrected chi connectivity index (χ2v) is 3.58. The van der Waals surface area contributed by atoms with E-state index in [0.717, 1.165) is 32.4 Å². The largest absolute Gasteiger partial charge is 0.446 e. The van der Waals surface area contributed by atoms with Crippen LogP contribution in [0.2, 0.25) is 0 Å². The summed E-state index contributed by atoms with van der Waals surface area (Å²) in [4.78, 5) is 12.9. The highest BCUT2D eigenvalue weighted by Gasteiger charge is 2.32. The molecule has 68 valence electrons. The summed E-state index contributed by atoms with van der Waals surface area (Å²) in [5.41, 5.74) is 5.56. The fraction of sp³-hybridized carbons (Fsp3) is 0.875. The van der Waals surface area contributed by atoms with Crippen LogP contribution in [0.4, 0.5) is 4.79 Å². The maximum atomic E-state index is 11.2. The van der Waals surface area contributed by atoms with Crippen LogP contribution in [0.5, 0.6) is 0 Å². The van der Waals surface area contributed by atoms with E-state index in [0.29, 0.717) is 0 Å². The normalized spacial score (nSPS) is 33.6. The van der Waals surface area contributed by atoms with Gasteiger partial charge in [0.05, 0.1) is 0 Å². The molecule has 0 aromatic carbocycles. The molecular weight excluding hydrogens is 156 g/mol. The molecule has 4 heteroatoms. The molecule has 12 heavy (non-hydrogen) atoms. The van der Waals surface area contributed by atoms with Gasteiger partial charge in [0.1, 0.15) is 6.10 Å². The SMILES string of the molecule is NC1CC(OC(=O)N2CCC2)C1. The monoisotopic (exact) mass is 170 g/mol. The molecule has 4 nitrogen and oxygen atoms in total. The lowest BCUT2D eigenvalue weighted by Crippen LogP contribution is -2.48. The number of carbonyl (C=O) groups is 1. The molecule has 1 aliphatic carbocycles. The van der Waals surface area contributed by atoms with Gasteiger partial charge in [-0.1, -0.05) is 0 Å². The van der Waals surface area contributed by atoms with Crippen molar-refractivity contribution in [3.05, 3.63) is 0 Å². The average Bonchev–Trinajstić information content (AvgIpc) is 1.79. The first-order chi connectivity index (χ1) is 5.75. The van der Waals surface area contributed by atoms with Gasteiger partial charge >= 0.3 is 6.09 Å². The predicted molar refractivity (Wildman–Crippen MR) is 43.7 cm³/mol. The Hall–Kier alpha value is -0.770. The highest BCUT2D eigenvalue weighted by Crippen LogP contribution is 2.22. The van der Waals surface area contributed by atoms with Crippen LogP contribution in [0.3, 0.4) is 0 Å². The minimum atomic E-state index is -0.154. The zero-order chi connectivity index (χ0) is 8.55. The van der Waals surface area contributed by atoms with Gasteiger partial charge in [0.25, 0.3) is 0 Å².